The van der Waals surface area contributed by atoms with Crippen molar-refractivity contribution in [3.63, 3.8) is 0 Å². The third-order valence-corrected chi connectivity index (χ3v) is 2.32. The summed E-state index contributed by atoms with van der Waals surface area (Å²) in [5.74, 6) is 0. The molecule has 0 atom stereocenters. The van der Waals surface area contributed by atoms with Crippen LogP contribution in [0, 0.1) is 0 Å². The van der Waals surface area contributed by atoms with E-state index in [1.807, 2.05) is 6.92 Å². The van der Waals surface area contributed by atoms with Gasteiger partial charge < -0.3 is 9.47 Å². The second-order valence-electron chi connectivity index (χ2n) is 2.32. The van der Waals surface area contributed by atoms with Gasteiger partial charge in [-0.3, -0.25) is 4.79 Å². The summed E-state index contributed by atoms with van der Waals surface area (Å²) in [5.41, 5.74) is 0. The average molecular weight is 200 g/mol. The Kier molecular flexibility index (Phi) is 4.49. The van der Waals surface area contributed by atoms with Gasteiger partial charge in [-0.1, -0.05) is 11.3 Å². The largest absolute Gasteiger partial charge is 0.482 e. The lowest BCUT2D eigenvalue weighted by Gasteiger charge is -2.02. The molecular weight excluding hydrogens is 188 g/mol. The van der Waals surface area contributed by atoms with Gasteiger partial charge in [0.05, 0.1) is 11.5 Å². The molecular formula is C9H12O3S. The average Bonchev–Trinajstić information content (AvgIpc) is 2.60. The van der Waals surface area contributed by atoms with Crippen LogP contribution in [-0.2, 0) is 4.74 Å². The molecule has 4 heteroatoms. The molecule has 3 nitrogen and oxygen atoms in total. The highest BCUT2D eigenvalue weighted by Gasteiger charge is 1.98. The van der Waals surface area contributed by atoms with Crippen LogP contribution < -0.4 is 4.74 Å². The van der Waals surface area contributed by atoms with Crippen molar-refractivity contribution in [3.8, 4) is 5.06 Å². The zero-order chi connectivity index (χ0) is 9.52. The lowest BCUT2D eigenvalue weighted by molar-refractivity contribution is 0.111. The lowest BCUT2D eigenvalue weighted by Crippen LogP contribution is -2.05. The van der Waals surface area contributed by atoms with Crippen LogP contribution in [0.25, 0.3) is 0 Å². The predicted molar refractivity (Wildman–Crippen MR) is 51.7 cm³/mol. The molecule has 0 fully saturated rings. The zero-order valence-electron chi connectivity index (χ0n) is 7.49. The van der Waals surface area contributed by atoms with Crippen molar-refractivity contribution >= 4 is 17.6 Å². The Morgan fingerprint density at radius 1 is 1.46 bits per heavy atom. The summed E-state index contributed by atoms with van der Waals surface area (Å²) >= 11 is 1.35. The van der Waals surface area contributed by atoms with Crippen LogP contribution in [0.1, 0.15) is 16.6 Å². The maximum absolute atomic E-state index is 10.3. The number of rotatable bonds is 6. The number of ether oxygens (including phenoxy) is 2. The molecule has 72 valence electrons. The van der Waals surface area contributed by atoms with Crippen LogP contribution in [0.15, 0.2) is 12.1 Å². The van der Waals surface area contributed by atoms with Gasteiger partial charge in [0.25, 0.3) is 0 Å². The minimum Gasteiger partial charge on any atom is -0.482 e. The number of carbonyl (C=O) groups is 1. The van der Waals surface area contributed by atoms with Gasteiger partial charge in [-0.05, 0) is 19.1 Å². The van der Waals surface area contributed by atoms with E-state index in [2.05, 4.69) is 0 Å². The highest BCUT2D eigenvalue weighted by molar-refractivity contribution is 7.15. The van der Waals surface area contributed by atoms with E-state index in [0.717, 1.165) is 11.3 Å². The molecule has 0 spiro atoms. The van der Waals surface area contributed by atoms with Crippen molar-refractivity contribution in [2.75, 3.05) is 19.8 Å². The highest BCUT2D eigenvalue weighted by atomic mass is 32.1. The third-order valence-electron chi connectivity index (χ3n) is 1.39. The van der Waals surface area contributed by atoms with Gasteiger partial charge in [-0.15, -0.1) is 0 Å². The SMILES string of the molecule is CCOCCOc1ccc(C=O)s1. The van der Waals surface area contributed by atoms with E-state index in [-0.39, 0.29) is 0 Å². The summed E-state index contributed by atoms with van der Waals surface area (Å²) in [4.78, 5) is 11.0. The summed E-state index contributed by atoms with van der Waals surface area (Å²) in [6.45, 7) is 3.76. The van der Waals surface area contributed by atoms with Gasteiger partial charge in [-0.25, -0.2) is 0 Å². The number of thiophene rings is 1. The van der Waals surface area contributed by atoms with Gasteiger partial charge in [0.15, 0.2) is 11.3 Å². The van der Waals surface area contributed by atoms with E-state index in [1.165, 1.54) is 11.3 Å². The van der Waals surface area contributed by atoms with E-state index < -0.39 is 0 Å². The smallest absolute Gasteiger partial charge is 0.174 e. The first kappa shape index (κ1) is 10.2. The zero-order valence-corrected chi connectivity index (χ0v) is 8.30. The molecule has 1 aromatic rings. The molecule has 1 rings (SSSR count). The van der Waals surface area contributed by atoms with Gasteiger partial charge in [0.1, 0.15) is 6.61 Å². The van der Waals surface area contributed by atoms with Crippen molar-refractivity contribution < 1.29 is 14.3 Å². The van der Waals surface area contributed by atoms with Gasteiger partial charge in [0, 0.05) is 6.61 Å². The monoisotopic (exact) mass is 200 g/mol. The first-order chi connectivity index (χ1) is 6.36. The van der Waals surface area contributed by atoms with Crippen LogP contribution in [0.4, 0.5) is 0 Å². The molecule has 0 saturated heterocycles. The lowest BCUT2D eigenvalue weighted by atomic mass is 10.5. The molecule has 1 heterocycles. The molecule has 0 amide bonds. The second kappa shape index (κ2) is 5.72. The van der Waals surface area contributed by atoms with E-state index in [4.69, 9.17) is 9.47 Å². The van der Waals surface area contributed by atoms with Crippen LogP contribution in [0.3, 0.4) is 0 Å². The quantitative estimate of drug-likeness (QED) is 0.520. The van der Waals surface area contributed by atoms with Crippen molar-refractivity contribution in [2.24, 2.45) is 0 Å². The number of aldehydes is 1. The Morgan fingerprint density at radius 2 is 2.31 bits per heavy atom. The molecule has 0 saturated carbocycles. The normalized spacial score (nSPS) is 9.92. The van der Waals surface area contributed by atoms with Crippen LogP contribution in [0.2, 0.25) is 0 Å². The Morgan fingerprint density at radius 3 is 2.92 bits per heavy atom. The maximum atomic E-state index is 10.3. The van der Waals surface area contributed by atoms with Gasteiger partial charge >= 0.3 is 0 Å². The standard InChI is InChI=1S/C9H12O3S/c1-2-11-5-6-12-9-4-3-8(7-10)13-9/h3-4,7H,2,5-6H2,1H3. The van der Waals surface area contributed by atoms with Crippen molar-refractivity contribution in [1.29, 1.82) is 0 Å². The summed E-state index contributed by atoms with van der Waals surface area (Å²) < 4.78 is 10.4. The Hall–Kier alpha value is -0.870. The fourth-order valence-electron chi connectivity index (χ4n) is 0.821. The molecule has 0 unspecified atom stereocenters. The molecule has 1 aromatic heterocycles. The molecule has 0 bridgehead atoms. The minimum absolute atomic E-state index is 0.534. The fourth-order valence-corrected chi connectivity index (χ4v) is 1.52. The maximum Gasteiger partial charge on any atom is 0.174 e. The van der Waals surface area contributed by atoms with Crippen molar-refractivity contribution in [2.45, 2.75) is 6.92 Å². The summed E-state index contributed by atoms with van der Waals surface area (Å²) in [5, 5.41) is 0.766. The van der Waals surface area contributed by atoms with Gasteiger partial charge in [-0.2, -0.15) is 0 Å². The van der Waals surface area contributed by atoms with E-state index in [0.29, 0.717) is 24.7 Å². The Bertz CT molecular complexity index is 257. The predicted octanol–water partition coefficient (Wildman–Crippen LogP) is 1.98. The molecule has 0 aliphatic heterocycles. The minimum atomic E-state index is 0.534. The van der Waals surface area contributed by atoms with Crippen LogP contribution in [0.5, 0.6) is 5.06 Å². The first-order valence-corrected chi connectivity index (χ1v) is 4.94. The summed E-state index contributed by atoms with van der Waals surface area (Å²) in [6, 6.07) is 3.54. The highest BCUT2D eigenvalue weighted by Crippen LogP contribution is 2.22. The second-order valence-corrected chi connectivity index (χ2v) is 3.40. The molecule has 0 N–H and O–H groups in total. The van der Waals surface area contributed by atoms with E-state index in [1.54, 1.807) is 12.1 Å². The molecule has 13 heavy (non-hydrogen) atoms. The molecule has 0 radical (unpaired) electrons. The van der Waals surface area contributed by atoms with Gasteiger partial charge in [0.2, 0.25) is 0 Å². The van der Waals surface area contributed by atoms with Crippen LogP contribution in [-0.4, -0.2) is 26.1 Å². The molecule has 0 aromatic carbocycles. The molecule has 0 aliphatic rings. The third kappa shape index (κ3) is 3.57. The first-order valence-electron chi connectivity index (χ1n) is 4.12. The summed E-state index contributed by atoms with van der Waals surface area (Å²) in [6.07, 6.45) is 0.820. The van der Waals surface area contributed by atoms with Crippen molar-refractivity contribution in [3.05, 3.63) is 17.0 Å². The van der Waals surface area contributed by atoms with E-state index >= 15 is 0 Å². The fraction of sp³-hybridized carbons (Fsp3) is 0.444. The molecule has 0 aliphatic carbocycles. The van der Waals surface area contributed by atoms with E-state index in [9.17, 15) is 4.79 Å². The van der Waals surface area contributed by atoms with Crippen molar-refractivity contribution in [1.82, 2.24) is 0 Å². The Balaban J connectivity index is 2.24. The Labute approximate surface area is 81.3 Å². The topological polar surface area (TPSA) is 35.5 Å². The number of hydrogen-bond acceptors (Lipinski definition) is 4. The summed E-state index contributed by atoms with van der Waals surface area (Å²) in [7, 11) is 0. The number of carbonyl (C=O) groups excluding carboxylic acids is 1. The number of hydrogen-bond donors (Lipinski definition) is 0. The van der Waals surface area contributed by atoms with Crippen LogP contribution >= 0.6 is 11.3 Å².